The van der Waals surface area contributed by atoms with Gasteiger partial charge in [-0.2, -0.15) is 0 Å². The molecule has 2 aromatic heterocycles. The lowest BCUT2D eigenvalue weighted by Gasteiger charge is -2.18. The predicted octanol–water partition coefficient (Wildman–Crippen LogP) is 4.20. The van der Waals surface area contributed by atoms with Crippen molar-refractivity contribution in [1.82, 2.24) is 4.98 Å². The molecule has 96 valence electrons. The number of pyridine rings is 1. The van der Waals surface area contributed by atoms with E-state index in [-0.39, 0.29) is 0 Å². The van der Waals surface area contributed by atoms with Crippen LogP contribution in [0.25, 0.3) is 0 Å². The average Bonchev–Trinajstić information content (AvgIpc) is 2.75. The van der Waals surface area contributed by atoms with E-state index in [9.17, 15) is 0 Å². The van der Waals surface area contributed by atoms with Gasteiger partial charge < -0.3 is 4.90 Å². The number of anilines is 1. The van der Waals surface area contributed by atoms with Gasteiger partial charge in [-0.05, 0) is 64.8 Å². The van der Waals surface area contributed by atoms with E-state index in [2.05, 4.69) is 64.2 Å². The van der Waals surface area contributed by atoms with Gasteiger partial charge in [-0.3, -0.25) is 0 Å². The molecule has 0 fully saturated rings. The number of hydrogen-bond donors (Lipinski definition) is 0. The first-order valence-corrected chi connectivity index (χ1v) is 7.61. The fraction of sp³-hybridized carbons (Fsp3) is 0.357. The topological polar surface area (TPSA) is 16.1 Å². The molecular formula is C14H17BrN2S. The highest BCUT2D eigenvalue weighted by molar-refractivity contribution is 9.10. The fourth-order valence-electron chi connectivity index (χ4n) is 1.78. The lowest BCUT2D eigenvalue weighted by molar-refractivity contribution is 0.864. The molecule has 18 heavy (non-hydrogen) atoms. The maximum Gasteiger partial charge on any atom is 0.128 e. The molecule has 0 aromatic carbocycles. The van der Waals surface area contributed by atoms with Crippen LogP contribution in [0.5, 0.6) is 0 Å². The third kappa shape index (κ3) is 3.12. The number of rotatable bonds is 4. The summed E-state index contributed by atoms with van der Waals surface area (Å²) >= 11 is 5.32. The summed E-state index contributed by atoms with van der Waals surface area (Å²) in [5.74, 6) is 1.03. The van der Waals surface area contributed by atoms with Crippen LogP contribution >= 0.6 is 27.3 Å². The van der Waals surface area contributed by atoms with E-state index in [1.165, 1.54) is 16.0 Å². The van der Waals surface area contributed by atoms with E-state index in [0.717, 1.165) is 23.3 Å². The van der Waals surface area contributed by atoms with Gasteiger partial charge in [0.25, 0.3) is 0 Å². The molecule has 0 atom stereocenters. The molecule has 0 unspecified atom stereocenters. The van der Waals surface area contributed by atoms with Crippen LogP contribution in [0.4, 0.5) is 5.82 Å². The highest BCUT2D eigenvalue weighted by Crippen LogP contribution is 2.21. The zero-order valence-corrected chi connectivity index (χ0v) is 13.3. The second kappa shape index (κ2) is 5.85. The third-order valence-corrected chi connectivity index (χ3v) is 4.98. The second-order valence-corrected chi connectivity index (χ2v) is 6.35. The van der Waals surface area contributed by atoms with E-state index in [0.29, 0.717) is 0 Å². The van der Waals surface area contributed by atoms with Crippen LogP contribution < -0.4 is 4.90 Å². The normalized spacial score (nSPS) is 10.7. The van der Waals surface area contributed by atoms with Crippen molar-refractivity contribution < 1.29 is 0 Å². The van der Waals surface area contributed by atoms with Crippen molar-refractivity contribution in [3.05, 3.63) is 44.2 Å². The molecule has 0 saturated heterocycles. The van der Waals surface area contributed by atoms with Crippen molar-refractivity contribution in [3.63, 3.8) is 0 Å². The van der Waals surface area contributed by atoms with Crippen LogP contribution in [-0.4, -0.2) is 18.6 Å². The molecule has 0 bridgehead atoms. The van der Waals surface area contributed by atoms with E-state index in [1.807, 2.05) is 17.5 Å². The van der Waals surface area contributed by atoms with Crippen molar-refractivity contribution in [2.24, 2.45) is 0 Å². The number of nitrogens with zero attached hydrogens (tertiary/aromatic N) is 2. The Morgan fingerprint density at radius 3 is 2.72 bits per heavy atom. The highest BCUT2D eigenvalue weighted by atomic mass is 79.9. The summed E-state index contributed by atoms with van der Waals surface area (Å²) in [6.07, 6.45) is 2.95. The molecule has 0 aliphatic carbocycles. The molecule has 2 rings (SSSR count). The fourth-order valence-corrected chi connectivity index (χ4v) is 2.89. The Bertz CT molecular complexity index is 536. The van der Waals surface area contributed by atoms with Gasteiger partial charge in [-0.25, -0.2) is 4.98 Å². The number of likely N-dealkylation sites (N-methyl/N-ethyl adjacent to an activating group) is 1. The Balaban J connectivity index is 2.01. The lowest BCUT2D eigenvalue weighted by Crippen LogP contribution is -2.21. The summed E-state index contributed by atoms with van der Waals surface area (Å²) in [5, 5.41) is 2.16. The van der Waals surface area contributed by atoms with E-state index < -0.39 is 0 Å². The number of aromatic nitrogens is 1. The van der Waals surface area contributed by atoms with Crippen molar-refractivity contribution in [3.8, 4) is 0 Å². The third-order valence-electron chi connectivity index (χ3n) is 3.07. The van der Waals surface area contributed by atoms with Crippen molar-refractivity contribution in [1.29, 1.82) is 0 Å². The quantitative estimate of drug-likeness (QED) is 0.837. The first kappa shape index (κ1) is 13.6. The van der Waals surface area contributed by atoms with E-state index >= 15 is 0 Å². The Morgan fingerprint density at radius 1 is 1.33 bits per heavy atom. The average molecular weight is 325 g/mol. The van der Waals surface area contributed by atoms with Crippen LogP contribution in [0.1, 0.15) is 16.0 Å². The molecule has 0 amide bonds. The van der Waals surface area contributed by atoms with Gasteiger partial charge in [-0.1, -0.05) is 0 Å². The molecule has 2 aromatic rings. The first-order valence-electron chi connectivity index (χ1n) is 5.94. The number of aryl methyl sites for hydroxylation is 2. The molecule has 4 heteroatoms. The maximum absolute atomic E-state index is 4.44. The summed E-state index contributed by atoms with van der Waals surface area (Å²) < 4.78 is 1.06. The van der Waals surface area contributed by atoms with E-state index in [1.54, 1.807) is 0 Å². The minimum absolute atomic E-state index is 0.995. The monoisotopic (exact) mass is 324 g/mol. The van der Waals surface area contributed by atoms with E-state index in [4.69, 9.17) is 0 Å². The van der Waals surface area contributed by atoms with Crippen molar-refractivity contribution >= 4 is 33.1 Å². The zero-order chi connectivity index (χ0) is 13.1. The minimum atomic E-state index is 0.995. The summed E-state index contributed by atoms with van der Waals surface area (Å²) in [6, 6.07) is 4.30. The van der Waals surface area contributed by atoms with Crippen molar-refractivity contribution in [2.75, 3.05) is 18.5 Å². The second-order valence-electron chi connectivity index (χ2n) is 4.49. The van der Waals surface area contributed by atoms with Gasteiger partial charge in [0.05, 0.1) is 0 Å². The largest absolute Gasteiger partial charge is 0.359 e. The van der Waals surface area contributed by atoms with Crippen LogP contribution in [0.3, 0.4) is 0 Å². The standard InChI is InChI=1S/C14H17BrN2S/c1-10-5-7-18-13(10)4-6-17(3)14-8-11(2)12(15)9-16-14/h5,7-9H,4,6H2,1-3H3. The molecule has 0 radical (unpaired) electrons. The summed E-state index contributed by atoms with van der Waals surface area (Å²) in [7, 11) is 2.10. The molecule has 0 aliphatic heterocycles. The Hall–Kier alpha value is -0.870. The van der Waals surface area contributed by atoms with Crippen LogP contribution in [0.15, 0.2) is 28.2 Å². The Kier molecular flexibility index (Phi) is 4.40. The molecular weight excluding hydrogens is 308 g/mol. The van der Waals surface area contributed by atoms with Gasteiger partial charge in [0, 0.05) is 29.1 Å². The Morgan fingerprint density at radius 2 is 2.11 bits per heavy atom. The van der Waals surface area contributed by atoms with Crippen LogP contribution in [-0.2, 0) is 6.42 Å². The Labute approximate surface area is 121 Å². The first-order chi connectivity index (χ1) is 8.58. The smallest absolute Gasteiger partial charge is 0.128 e. The predicted molar refractivity (Wildman–Crippen MR) is 82.7 cm³/mol. The number of thiophene rings is 1. The van der Waals surface area contributed by atoms with Gasteiger partial charge >= 0.3 is 0 Å². The highest BCUT2D eigenvalue weighted by Gasteiger charge is 2.06. The van der Waals surface area contributed by atoms with Gasteiger partial charge in [0.1, 0.15) is 5.82 Å². The summed E-state index contributed by atoms with van der Waals surface area (Å²) in [6.45, 7) is 5.26. The molecule has 2 heterocycles. The van der Waals surface area contributed by atoms with Crippen LogP contribution in [0.2, 0.25) is 0 Å². The minimum Gasteiger partial charge on any atom is -0.359 e. The molecule has 0 saturated carbocycles. The molecule has 0 spiro atoms. The maximum atomic E-state index is 4.44. The van der Waals surface area contributed by atoms with Crippen LogP contribution in [0, 0.1) is 13.8 Å². The molecule has 0 aliphatic rings. The zero-order valence-electron chi connectivity index (χ0n) is 10.9. The SMILES string of the molecule is Cc1cc(N(C)CCc2sccc2C)ncc1Br. The van der Waals surface area contributed by atoms with Gasteiger partial charge in [0.2, 0.25) is 0 Å². The summed E-state index contributed by atoms with van der Waals surface area (Å²) in [5.41, 5.74) is 2.62. The van der Waals surface area contributed by atoms with Gasteiger partial charge in [-0.15, -0.1) is 11.3 Å². The molecule has 0 N–H and O–H groups in total. The van der Waals surface area contributed by atoms with Gasteiger partial charge in [0.15, 0.2) is 0 Å². The van der Waals surface area contributed by atoms with Crippen molar-refractivity contribution in [2.45, 2.75) is 20.3 Å². The number of hydrogen-bond acceptors (Lipinski definition) is 3. The number of halogens is 1. The lowest BCUT2D eigenvalue weighted by atomic mass is 10.2. The summed E-state index contributed by atoms with van der Waals surface area (Å²) in [4.78, 5) is 8.12. The molecule has 2 nitrogen and oxygen atoms in total.